The molecule has 0 aliphatic heterocycles. The number of hydrogen-bond acceptors (Lipinski definition) is 1. The first-order valence-electron chi connectivity index (χ1n) is 9.00. The minimum atomic E-state index is -0.781. The van der Waals surface area contributed by atoms with Crippen molar-refractivity contribution in [1.82, 2.24) is 5.32 Å². The Bertz CT molecular complexity index is 320. The summed E-state index contributed by atoms with van der Waals surface area (Å²) in [5.41, 5.74) is 2.29. The van der Waals surface area contributed by atoms with Gasteiger partial charge in [-0.3, -0.25) is 0 Å². The Labute approximate surface area is 138 Å². The van der Waals surface area contributed by atoms with Crippen LogP contribution in [0.1, 0.15) is 73.1 Å². The molecule has 0 bridgehead atoms. The summed E-state index contributed by atoms with van der Waals surface area (Å²) in [4.78, 5) is 0. The molecule has 130 valence electrons. The zero-order valence-electron chi connectivity index (χ0n) is 15.6. The molecule has 0 aromatic heterocycles. The lowest BCUT2D eigenvalue weighted by Crippen LogP contribution is -2.29. The molecule has 1 nitrogen and oxygen atoms in total. The highest BCUT2D eigenvalue weighted by Crippen LogP contribution is 2.19. The number of alkyl halides is 1. The van der Waals surface area contributed by atoms with Crippen molar-refractivity contribution in [3.05, 3.63) is 24.4 Å². The summed E-state index contributed by atoms with van der Waals surface area (Å²) >= 11 is 0. The molecule has 0 saturated carbocycles. The molecule has 0 amide bonds. The summed E-state index contributed by atoms with van der Waals surface area (Å²) in [7, 11) is 0. The molecular formula is C20H38FN. The lowest BCUT2D eigenvalue weighted by Gasteiger charge is -2.20. The van der Waals surface area contributed by atoms with E-state index in [-0.39, 0.29) is 5.92 Å². The highest BCUT2D eigenvalue weighted by molar-refractivity contribution is 4.97. The zero-order valence-corrected chi connectivity index (χ0v) is 15.6. The van der Waals surface area contributed by atoms with Gasteiger partial charge in [-0.2, -0.15) is 0 Å². The molecule has 22 heavy (non-hydrogen) atoms. The van der Waals surface area contributed by atoms with Gasteiger partial charge < -0.3 is 5.32 Å². The first kappa shape index (κ1) is 21.2. The van der Waals surface area contributed by atoms with E-state index in [1.165, 1.54) is 24.8 Å². The normalized spacial score (nSPS) is 14.2. The van der Waals surface area contributed by atoms with Crippen LogP contribution in [0.15, 0.2) is 24.4 Å². The molecule has 0 spiro atoms. The maximum Gasteiger partial charge on any atom is 0.120 e. The molecule has 0 radical (unpaired) electrons. The minimum Gasteiger partial charge on any atom is -0.386 e. The Morgan fingerprint density at radius 3 is 2.05 bits per heavy atom. The summed E-state index contributed by atoms with van der Waals surface area (Å²) in [5.74, 6) is 1.08. The smallest absolute Gasteiger partial charge is 0.120 e. The fraction of sp³-hybridized carbons (Fsp3) is 0.800. The molecule has 0 saturated heterocycles. The minimum absolute atomic E-state index is 0.123. The second kappa shape index (κ2) is 11.7. The third-order valence-corrected chi connectivity index (χ3v) is 4.56. The number of unbranched alkanes of at least 4 members (excludes halogenated alkanes) is 3. The van der Waals surface area contributed by atoms with Gasteiger partial charge in [-0.1, -0.05) is 72.6 Å². The molecule has 0 heterocycles. The van der Waals surface area contributed by atoms with E-state index in [4.69, 9.17) is 0 Å². The molecule has 0 aliphatic rings. The summed E-state index contributed by atoms with van der Waals surface area (Å²) in [6.45, 7) is 19.0. The van der Waals surface area contributed by atoms with Crippen molar-refractivity contribution >= 4 is 0 Å². The van der Waals surface area contributed by atoms with Crippen LogP contribution in [0, 0.1) is 17.8 Å². The Balaban J connectivity index is 3.65. The Morgan fingerprint density at radius 1 is 0.909 bits per heavy atom. The number of hydrogen-bond donors (Lipinski definition) is 1. The highest BCUT2D eigenvalue weighted by atomic mass is 19.1. The molecule has 0 rings (SSSR count). The largest absolute Gasteiger partial charge is 0.386 e. The van der Waals surface area contributed by atoms with E-state index in [1.54, 1.807) is 0 Å². The van der Waals surface area contributed by atoms with Crippen LogP contribution in [0.3, 0.4) is 0 Å². The summed E-state index contributed by atoms with van der Waals surface area (Å²) < 4.78 is 14.1. The predicted molar refractivity (Wildman–Crippen MR) is 97.7 cm³/mol. The van der Waals surface area contributed by atoms with Crippen LogP contribution >= 0.6 is 0 Å². The third kappa shape index (κ3) is 10.0. The van der Waals surface area contributed by atoms with Crippen LogP contribution < -0.4 is 5.32 Å². The van der Waals surface area contributed by atoms with Gasteiger partial charge in [-0.05, 0) is 37.0 Å². The van der Waals surface area contributed by atoms with Crippen molar-refractivity contribution < 1.29 is 4.39 Å². The van der Waals surface area contributed by atoms with Gasteiger partial charge in [0.2, 0.25) is 0 Å². The van der Waals surface area contributed by atoms with E-state index in [9.17, 15) is 4.39 Å². The Morgan fingerprint density at radius 2 is 1.50 bits per heavy atom. The van der Waals surface area contributed by atoms with Crippen molar-refractivity contribution in [2.75, 3.05) is 6.54 Å². The van der Waals surface area contributed by atoms with Crippen LogP contribution in [-0.2, 0) is 0 Å². The monoisotopic (exact) mass is 311 g/mol. The van der Waals surface area contributed by atoms with Crippen molar-refractivity contribution in [1.29, 1.82) is 0 Å². The first-order valence-corrected chi connectivity index (χ1v) is 9.00. The van der Waals surface area contributed by atoms with E-state index >= 15 is 0 Å². The molecule has 0 aromatic rings. The van der Waals surface area contributed by atoms with Crippen LogP contribution in [0.25, 0.3) is 0 Å². The molecular weight excluding hydrogens is 273 g/mol. The first-order chi connectivity index (χ1) is 10.3. The van der Waals surface area contributed by atoms with Crippen LogP contribution in [0.2, 0.25) is 0 Å². The summed E-state index contributed by atoms with van der Waals surface area (Å²) in [6, 6.07) is 0. The second-order valence-electron chi connectivity index (χ2n) is 7.32. The van der Waals surface area contributed by atoms with Gasteiger partial charge in [-0.15, -0.1) is 0 Å². The van der Waals surface area contributed by atoms with E-state index in [2.05, 4.69) is 46.2 Å². The van der Waals surface area contributed by atoms with E-state index < -0.39 is 6.17 Å². The van der Waals surface area contributed by atoms with E-state index in [0.717, 1.165) is 25.0 Å². The summed E-state index contributed by atoms with van der Waals surface area (Å²) in [5, 5.41) is 3.12. The maximum absolute atomic E-state index is 14.1. The fourth-order valence-corrected chi connectivity index (χ4v) is 2.28. The van der Waals surface area contributed by atoms with Crippen LogP contribution in [0.4, 0.5) is 4.39 Å². The Kier molecular flexibility index (Phi) is 11.3. The molecule has 0 aromatic carbocycles. The molecule has 0 fully saturated rings. The summed E-state index contributed by atoms with van der Waals surface area (Å²) in [6.07, 6.45) is 6.12. The van der Waals surface area contributed by atoms with E-state index in [1.807, 2.05) is 6.92 Å². The zero-order chi connectivity index (χ0) is 17.1. The molecule has 2 unspecified atom stereocenters. The van der Waals surface area contributed by atoms with Gasteiger partial charge in [0.25, 0.3) is 0 Å². The van der Waals surface area contributed by atoms with Gasteiger partial charge in [-0.25, -0.2) is 4.39 Å². The maximum atomic E-state index is 14.1. The SMILES string of the molecule is C=C(CCCCCCC(C)C(F)CNC(=C)C(C)C)C(C)C. The lowest BCUT2D eigenvalue weighted by atomic mass is 9.95. The molecule has 2 atom stereocenters. The van der Waals surface area contributed by atoms with E-state index in [0.29, 0.717) is 18.4 Å². The average molecular weight is 312 g/mol. The Hall–Kier alpha value is -0.790. The van der Waals surface area contributed by atoms with Crippen molar-refractivity contribution in [2.45, 2.75) is 79.3 Å². The van der Waals surface area contributed by atoms with Gasteiger partial charge in [0.05, 0.1) is 0 Å². The standard InChI is InChI=1S/C20H38FN/c1-15(2)17(5)12-10-8-9-11-13-18(6)20(21)14-22-19(7)16(3)4/h15-16,18,20,22H,5,7-14H2,1-4,6H3. The van der Waals surface area contributed by atoms with Gasteiger partial charge in [0.1, 0.15) is 6.17 Å². The number of halogens is 1. The predicted octanol–water partition coefficient (Wildman–Crippen LogP) is 6.27. The topological polar surface area (TPSA) is 12.0 Å². The molecule has 0 aliphatic carbocycles. The quantitative estimate of drug-likeness (QED) is 0.312. The van der Waals surface area contributed by atoms with Gasteiger partial charge >= 0.3 is 0 Å². The van der Waals surface area contributed by atoms with Crippen molar-refractivity contribution in [3.63, 3.8) is 0 Å². The third-order valence-electron chi connectivity index (χ3n) is 4.56. The van der Waals surface area contributed by atoms with Crippen LogP contribution in [0.5, 0.6) is 0 Å². The average Bonchev–Trinajstić information content (AvgIpc) is 2.46. The molecule has 1 N–H and O–H groups in total. The number of rotatable bonds is 13. The molecule has 2 heteroatoms. The second-order valence-corrected chi connectivity index (χ2v) is 7.32. The highest BCUT2D eigenvalue weighted by Gasteiger charge is 2.16. The number of nitrogens with one attached hydrogen (secondary N) is 1. The van der Waals surface area contributed by atoms with Crippen molar-refractivity contribution in [2.24, 2.45) is 17.8 Å². The number of allylic oxidation sites excluding steroid dienone is 2. The van der Waals surface area contributed by atoms with Gasteiger partial charge in [0, 0.05) is 12.2 Å². The van der Waals surface area contributed by atoms with Crippen LogP contribution in [-0.4, -0.2) is 12.7 Å². The van der Waals surface area contributed by atoms with Gasteiger partial charge in [0.15, 0.2) is 0 Å². The fourth-order valence-electron chi connectivity index (χ4n) is 2.28. The van der Waals surface area contributed by atoms with Crippen molar-refractivity contribution in [3.8, 4) is 0 Å². The lowest BCUT2D eigenvalue weighted by molar-refractivity contribution is 0.223.